The van der Waals surface area contributed by atoms with Crippen LogP contribution in [0.1, 0.15) is 43.0 Å². The van der Waals surface area contributed by atoms with Crippen LogP contribution in [0.25, 0.3) is 5.69 Å². The third-order valence-electron chi connectivity index (χ3n) is 7.28. The van der Waals surface area contributed by atoms with Crippen LogP contribution in [0.5, 0.6) is 0 Å². The first-order chi connectivity index (χ1) is 16.4. The Labute approximate surface area is 202 Å². The van der Waals surface area contributed by atoms with E-state index in [0.29, 0.717) is 17.2 Å². The lowest BCUT2D eigenvalue weighted by Crippen LogP contribution is -2.55. The van der Waals surface area contributed by atoms with Crippen molar-refractivity contribution in [3.63, 3.8) is 0 Å². The summed E-state index contributed by atoms with van der Waals surface area (Å²) in [5.41, 5.74) is 1.12. The molecule has 0 bridgehead atoms. The van der Waals surface area contributed by atoms with Crippen LogP contribution in [-0.4, -0.2) is 74.0 Å². The van der Waals surface area contributed by atoms with Crippen LogP contribution in [0.4, 0.5) is 0 Å². The summed E-state index contributed by atoms with van der Waals surface area (Å²) in [4.78, 5) is 45.1. The zero-order valence-electron chi connectivity index (χ0n) is 19.0. The van der Waals surface area contributed by atoms with E-state index in [0.717, 1.165) is 25.7 Å². The molecule has 3 fully saturated rings. The molecular formula is C24H28ClN5O4. The van der Waals surface area contributed by atoms with Crippen LogP contribution in [0, 0.1) is 11.8 Å². The molecule has 1 aromatic heterocycles. The molecule has 9 nitrogen and oxygen atoms in total. The first-order valence-corrected chi connectivity index (χ1v) is 12.2. The fourth-order valence-electron chi connectivity index (χ4n) is 5.36. The molecule has 34 heavy (non-hydrogen) atoms. The number of likely N-dealkylation sites (tertiary alicyclic amines) is 1. The van der Waals surface area contributed by atoms with Gasteiger partial charge in [-0.2, -0.15) is 5.10 Å². The molecule has 0 radical (unpaired) electrons. The number of Topliss-reactive ketones (excluding diaryl/α,β-unsaturated/α-hetero) is 1. The lowest BCUT2D eigenvalue weighted by molar-refractivity contribution is -0.139. The minimum atomic E-state index is -0.731. The van der Waals surface area contributed by atoms with Gasteiger partial charge in [-0.3, -0.25) is 14.4 Å². The Balaban J connectivity index is 1.39. The highest BCUT2D eigenvalue weighted by Gasteiger charge is 2.53. The lowest BCUT2D eigenvalue weighted by Gasteiger charge is -2.35. The molecule has 180 valence electrons. The van der Waals surface area contributed by atoms with Gasteiger partial charge in [0.15, 0.2) is 5.78 Å². The van der Waals surface area contributed by atoms with Crippen LogP contribution in [0.15, 0.2) is 36.9 Å². The van der Waals surface area contributed by atoms with Gasteiger partial charge in [-0.1, -0.05) is 25.8 Å². The number of ether oxygens (including phenoxy) is 1. The van der Waals surface area contributed by atoms with Crippen LogP contribution in [0.2, 0.25) is 0 Å². The van der Waals surface area contributed by atoms with Gasteiger partial charge in [-0.25, -0.2) is 9.67 Å². The van der Waals surface area contributed by atoms with Gasteiger partial charge in [-0.15, -0.1) is 11.6 Å². The Morgan fingerprint density at radius 1 is 1.24 bits per heavy atom. The summed E-state index contributed by atoms with van der Waals surface area (Å²) in [6, 6.07) is 5.60. The monoisotopic (exact) mass is 485 g/mol. The summed E-state index contributed by atoms with van der Waals surface area (Å²) in [6.07, 6.45) is 6.17. The maximum absolute atomic E-state index is 13.8. The Bertz CT molecular complexity index is 1070. The Hall–Kier alpha value is -2.78. The Morgan fingerprint density at radius 3 is 2.76 bits per heavy atom. The molecule has 5 rings (SSSR count). The highest BCUT2D eigenvalue weighted by Crippen LogP contribution is 2.35. The second-order valence-corrected chi connectivity index (χ2v) is 10.1. The molecule has 2 aliphatic heterocycles. The van der Waals surface area contributed by atoms with Crippen molar-refractivity contribution >= 4 is 29.2 Å². The van der Waals surface area contributed by atoms with Gasteiger partial charge in [0.05, 0.1) is 11.1 Å². The maximum atomic E-state index is 13.8. The average Bonchev–Trinajstić information content (AvgIpc) is 3.58. The Morgan fingerprint density at radius 2 is 2.03 bits per heavy atom. The highest BCUT2D eigenvalue weighted by atomic mass is 35.5. The van der Waals surface area contributed by atoms with E-state index in [1.54, 1.807) is 29.2 Å². The van der Waals surface area contributed by atoms with Gasteiger partial charge in [0.1, 0.15) is 37.4 Å². The molecule has 0 unspecified atom stereocenters. The normalized spacial score (nSPS) is 29.6. The van der Waals surface area contributed by atoms with E-state index in [9.17, 15) is 14.4 Å². The van der Waals surface area contributed by atoms with Crippen LogP contribution in [-0.2, 0) is 14.3 Å². The zero-order chi connectivity index (χ0) is 23.8. The summed E-state index contributed by atoms with van der Waals surface area (Å²) in [6.45, 7) is 2.41. The number of hydrogen-bond donors (Lipinski definition) is 1. The smallest absolute Gasteiger partial charge is 0.252 e. The van der Waals surface area contributed by atoms with E-state index in [1.807, 2.05) is 6.07 Å². The largest absolute Gasteiger partial charge is 0.366 e. The van der Waals surface area contributed by atoms with E-state index in [1.165, 1.54) is 11.2 Å². The van der Waals surface area contributed by atoms with Crippen molar-refractivity contribution in [3.05, 3.63) is 42.5 Å². The van der Waals surface area contributed by atoms with E-state index in [-0.39, 0.29) is 36.7 Å². The number of fused-ring (bicyclic) bond motifs is 1. The van der Waals surface area contributed by atoms with E-state index >= 15 is 0 Å². The number of carbonyl (C=O) groups is 3. The number of aromatic nitrogens is 3. The summed E-state index contributed by atoms with van der Waals surface area (Å²) in [7, 11) is 0. The van der Waals surface area contributed by atoms with Gasteiger partial charge >= 0.3 is 0 Å². The number of rotatable bonds is 5. The number of benzene rings is 1. The van der Waals surface area contributed by atoms with Crippen LogP contribution >= 0.6 is 11.6 Å². The van der Waals surface area contributed by atoms with Gasteiger partial charge < -0.3 is 15.0 Å². The quantitative estimate of drug-likeness (QED) is 0.649. The zero-order valence-corrected chi connectivity index (χ0v) is 19.7. The minimum Gasteiger partial charge on any atom is -0.366 e. The third-order valence-corrected chi connectivity index (χ3v) is 7.67. The van der Waals surface area contributed by atoms with E-state index in [2.05, 4.69) is 22.3 Å². The summed E-state index contributed by atoms with van der Waals surface area (Å²) < 4.78 is 7.11. The first kappa shape index (κ1) is 23.0. The number of hydrogen-bond acceptors (Lipinski definition) is 6. The number of amides is 2. The van der Waals surface area contributed by atoms with Crippen molar-refractivity contribution in [2.75, 3.05) is 13.2 Å². The molecule has 2 saturated heterocycles. The van der Waals surface area contributed by atoms with Gasteiger partial charge in [0, 0.05) is 12.1 Å². The summed E-state index contributed by atoms with van der Waals surface area (Å²) in [5.74, 6) is -0.139. The van der Waals surface area contributed by atoms with Crippen molar-refractivity contribution in [3.8, 4) is 5.69 Å². The molecule has 3 heterocycles. The lowest BCUT2D eigenvalue weighted by atomic mass is 9.78. The predicted molar refractivity (Wildman–Crippen MR) is 124 cm³/mol. The summed E-state index contributed by atoms with van der Waals surface area (Å²) in [5, 5.41) is 6.67. The molecule has 1 saturated carbocycles. The number of halogens is 1. The highest BCUT2D eigenvalue weighted by molar-refractivity contribution is 6.22. The van der Waals surface area contributed by atoms with E-state index in [4.69, 9.17) is 16.3 Å². The molecule has 4 atom stereocenters. The van der Waals surface area contributed by atoms with Crippen molar-refractivity contribution < 1.29 is 19.1 Å². The maximum Gasteiger partial charge on any atom is 0.252 e. The molecule has 0 spiro atoms. The molecule has 2 amide bonds. The Kier molecular flexibility index (Phi) is 6.40. The van der Waals surface area contributed by atoms with Gasteiger partial charge in [0.25, 0.3) is 5.91 Å². The molecule has 1 N–H and O–H groups in total. The van der Waals surface area contributed by atoms with Gasteiger partial charge in [-0.05, 0) is 42.9 Å². The predicted octanol–water partition coefficient (Wildman–Crippen LogP) is 1.98. The molecule has 2 aromatic rings. The van der Waals surface area contributed by atoms with Crippen molar-refractivity contribution in [1.82, 2.24) is 25.0 Å². The summed E-state index contributed by atoms with van der Waals surface area (Å²) >= 11 is 6.42. The molecule has 10 heteroatoms. The number of nitrogens with zero attached hydrogens (tertiary/aromatic N) is 4. The first-order valence-electron chi connectivity index (χ1n) is 11.8. The number of carbonyl (C=O) groups excluding carboxylic acids is 3. The van der Waals surface area contributed by atoms with Crippen LogP contribution < -0.4 is 5.32 Å². The number of alkyl halides is 1. The SMILES string of the molecule is CC1CCC([C@H](NC(=O)c2cccc(-n3cncn3)c2)C(=O)N2C[C@H](Cl)[C@H]3OCC(=O)[C@H]32)CC1. The van der Waals surface area contributed by atoms with Crippen molar-refractivity contribution in [2.24, 2.45) is 11.8 Å². The molecule has 1 aliphatic carbocycles. The fraction of sp³-hybridized carbons (Fsp3) is 0.542. The van der Waals surface area contributed by atoms with Crippen LogP contribution in [0.3, 0.4) is 0 Å². The van der Waals surface area contributed by atoms with E-state index < -0.39 is 23.6 Å². The molecule has 3 aliphatic rings. The second kappa shape index (κ2) is 9.46. The molecule has 1 aromatic carbocycles. The number of nitrogens with one attached hydrogen (secondary N) is 1. The topological polar surface area (TPSA) is 106 Å². The standard InChI is InChI=1S/C24H28ClN5O4/c1-14-5-7-15(8-6-14)20(24(33)29-10-18(25)22-21(29)19(31)11-34-22)28-23(32)16-3-2-4-17(9-16)30-13-26-12-27-30/h2-4,9,12-15,18,20-22H,5-8,10-11H2,1H3,(H,28,32)/t14?,15?,18-,20-,21+,22+/m0/s1. The van der Waals surface area contributed by atoms with Crippen molar-refractivity contribution in [2.45, 2.75) is 56.2 Å². The number of ketones is 1. The second-order valence-electron chi connectivity index (χ2n) is 9.55. The van der Waals surface area contributed by atoms with Gasteiger partial charge in [0.2, 0.25) is 5.91 Å². The molecular weight excluding hydrogens is 458 g/mol. The third kappa shape index (κ3) is 4.34. The van der Waals surface area contributed by atoms with Crippen molar-refractivity contribution in [1.29, 1.82) is 0 Å². The average molecular weight is 486 g/mol. The fourth-order valence-corrected chi connectivity index (χ4v) is 5.72. The minimum absolute atomic E-state index is 0.00334.